The zero-order valence-corrected chi connectivity index (χ0v) is 19.3. The third-order valence-corrected chi connectivity index (χ3v) is 7.93. The summed E-state index contributed by atoms with van der Waals surface area (Å²) in [5.41, 5.74) is 0.945. The molecule has 168 valence electrons. The Bertz CT molecular complexity index is 999. The highest BCUT2D eigenvalue weighted by molar-refractivity contribution is 7.89. The Labute approximate surface area is 184 Å². The number of amides is 1. The van der Waals surface area contributed by atoms with Crippen molar-refractivity contribution in [3.05, 3.63) is 54.1 Å². The number of benzene rings is 2. The largest absolute Gasteiger partial charge is 0.497 e. The van der Waals surface area contributed by atoms with Crippen LogP contribution in [0.5, 0.6) is 11.5 Å². The summed E-state index contributed by atoms with van der Waals surface area (Å²) in [4.78, 5) is 15.1. The van der Waals surface area contributed by atoms with Gasteiger partial charge in [-0.1, -0.05) is 18.2 Å². The van der Waals surface area contributed by atoms with Gasteiger partial charge in [0.25, 0.3) is 0 Å². The van der Waals surface area contributed by atoms with Gasteiger partial charge in [-0.05, 0) is 50.1 Å². The lowest BCUT2D eigenvalue weighted by atomic mass is 9.95. The Morgan fingerprint density at radius 2 is 1.65 bits per heavy atom. The van der Waals surface area contributed by atoms with Crippen LogP contribution in [-0.2, 0) is 14.8 Å². The molecule has 0 bridgehead atoms. The molecule has 0 N–H and O–H groups in total. The lowest BCUT2D eigenvalue weighted by molar-refractivity contribution is -0.137. The van der Waals surface area contributed by atoms with E-state index >= 15 is 0 Å². The molecular formula is C23H30N2O5S. The number of para-hydroxylation sites is 1. The molecule has 1 amide bonds. The molecule has 1 aliphatic heterocycles. The quantitative estimate of drug-likeness (QED) is 0.652. The van der Waals surface area contributed by atoms with Crippen LogP contribution in [0.4, 0.5) is 0 Å². The molecule has 1 atom stereocenters. The third kappa shape index (κ3) is 4.85. The molecule has 31 heavy (non-hydrogen) atoms. The highest BCUT2D eigenvalue weighted by Crippen LogP contribution is 2.31. The van der Waals surface area contributed by atoms with Gasteiger partial charge in [0.15, 0.2) is 0 Å². The van der Waals surface area contributed by atoms with Gasteiger partial charge in [0.1, 0.15) is 11.5 Å². The highest BCUT2D eigenvalue weighted by atomic mass is 32.2. The summed E-state index contributed by atoms with van der Waals surface area (Å²) >= 11 is 0. The number of hydrogen-bond acceptors (Lipinski definition) is 5. The molecule has 8 heteroatoms. The summed E-state index contributed by atoms with van der Waals surface area (Å²) in [5, 5.41) is 0. The van der Waals surface area contributed by atoms with Crippen LogP contribution in [0.15, 0.2) is 53.4 Å². The van der Waals surface area contributed by atoms with Gasteiger partial charge < -0.3 is 14.4 Å². The van der Waals surface area contributed by atoms with Crippen molar-refractivity contribution in [2.45, 2.75) is 30.7 Å². The van der Waals surface area contributed by atoms with Gasteiger partial charge in [-0.3, -0.25) is 4.79 Å². The minimum Gasteiger partial charge on any atom is -0.497 e. The average molecular weight is 447 g/mol. The van der Waals surface area contributed by atoms with Gasteiger partial charge in [-0.2, -0.15) is 4.31 Å². The van der Waals surface area contributed by atoms with Gasteiger partial charge >= 0.3 is 0 Å². The lowest BCUT2D eigenvalue weighted by Crippen LogP contribution is -2.44. The molecule has 7 nitrogen and oxygen atoms in total. The smallest absolute Gasteiger partial charge is 0.243 e. The number of ether oxygens (including phenoxy) is 2. The number of hydrogen-bond donors (Lipinski definition) is 0. The van der Waals surface area contributed by atoms with Gasteiger partial charge in [-0.15, -0.1) is 0 Å². The van der Waals surface area contributed by atoms with Gasteiger partial charge in [-0.25, -0.2) is 8.42 Å². The predicted octanol–water partition coefficient (Wildman–Crippen LogP) is 3.32. The summed E-state index contributed by atoms with van der Waals surface area (Å²) in [6.45, 7) is 2.61. The van der Waals surface area contributed by atoms with E-state index in [4.69, 9.17) is 9.47 Å². The van der Waals surface area contributed by atoms with Gasteiger partial charge in [0.2, 0.25) is 15.9 Å². The molecule has 3 rings (SSSR count). The molecule has 0 spiro atoms. The fraction of sp³-hybridized carbons (Fsp3) is 0.435. The van der Waals surface area contributed by atoms with E-state index in [2.05, 4.69) is 0 Å². The molecule has 2 aromatic rings. The van der Waals surface area contributed by atoms with Crippen LogP contribution >= 0.6 is 0 Å². The van der Waals surface area contributed by atoms with Crippen molar-refractivity contribution < 1.29 is 22.7 Å². The Balaban J connectivity index is 1.65. The second-order valence-corrected chi connectivity index (χ2v) is 9.66. The molecule has 1 saturated heterocycles. The number of sulfonamides is 1. The number of rotatable bonds is 7. The summed E-state index contributed by atoms with van der Waals surface area (Å²) in [6.07, 6.45) is 0.994. The molecule has 1 aliphatic rings. The van der Waals surface area contributed by atoms with Crippen LogP contribution in [0.1, 0.15) is 31.4 Å². The van der Waals surface area contributed by atoms with E-state index < -0.39 is 10.0 Å². The first-order chi connectivity index (χ1) is 14.8. The summed E-state index contributed by atoms with van der Waals surface area (Å²) in [7, 11) is 1.36. The molecule has 2 aromatic carbocycles. The lowest BCUT2D eigenvalue weighted by Gasteiger charge is -2.34. The van der Waals surface area contributed by atoms with Crippen LogP contribution in [0.3, 0.4) is 0 Å². The number of carbonyl (C=O) groups is 1. The number of carbonyl (C=O) groups excluding carboxylic acids is 1. The minimum atomic E-state index is -3.59. The minimum absolute atomic E-state index is 0.0277. The molecule has 0 saturated carbocycles. The van der Waals surface area contributed by atoms with E-state index in [9.17, 15) is 13.2 Å². The maximum Gasteiger partial charge on any atom is 0.243 e. The summed E-state index contributed by atoms with van der Waals surface area (Å²) in [6, 6.07) is 13.9. The van der Waals surface area contributed by atoms with E-state index in [1.807, 2.05) is 31.2 Å². The van der Waals surface area contributed by atoms with Crippen LogP contribution < -0.4 is 9.47 Å². The first-order valence-electron chi connectivity index (χ1n) is 10.3. The Kier molecular flexibility index (Phi) is 7.23. The topological polar surface area (TPSA) is 76.2 Å². The number of piperidine rings is 1. The fourth-order valence-electron chi connectivity index (χ4n) is 3.94. The summed E-state index contributed by atoms with van der Waals surface area (Å²) < 4.78 is 37.9. The van der Waals surface area contributed by atoms with Crippen LogP contribution in [-0.4, -0.2) is 57.9 Å². The van der Waals surface area contributed by atoms with E-state index in [-0.39, 0.29) is 22.8 Å². The maximum atomic E-state index is 13.1. The van der Waals surface area contributed by atoms with E-state index in [0.717, 1.165) is 11.3 Å². The first kappa shape index (κ1) is 23.1. The van der Waals surface area contributed by atoms with E-state index in [0.29, 0.717) is 31.7 Å². The van der Waals surface area contributed by atoms with Crippen LogP contribution in [0.25, 0.3) is 0 Å². The first-order valence-corrected chi connectivity index (χ1v) is 11.8. The molecular weight excluding hydrogens is 416 g/mol. The third-order valence-electron chi connectivity index (χ3n) is 6.02. The Morgan fingerprint density at radius 3 is 2.23 bits per heavy atom. The van der Waals surface area contributed by atoms with E-state index in [1.165, 1.54) is 11.4 Å². The van der Waals surface area contributed by atoms with Crippen molar-refractivity contribution in [3.8, 4) is 11.5 Å². The molecule has 1 heterocycles. The normalized spacial score (nSPS) is 16.5. The molecule has 0 aromatic heterocycles. The second kappa shape index (κ2) is 9.70. The molecule has 1 unspecified atom stereocenters. The van der Waals surface area contributed by atoms with Crippen molar-refractivity contribution in [1.29, 1.82) is 0 Å². The Morgan fingerprint density at radius 1 is 1.03 bits per heavy atom. The number of methoxy groups -OCH3 is 2. The zero-order chi connectivity index (χ0) is 22.6. The molecule has 1 fully saturated rings. The zero-order valence-electron chi connectivity index (χ0n) is 18.4. The second-order valence-electron chi connectivity index (χ2n) is 7.72. The standard InChI is InChI=1S/C23H30N2O5S/c1-17(21-7-5-6-8-22(21)30-4)24(2)23(26)18-13-15-25(16-14-18)31(27,28)20-11-9-19(29-3)10-12-20/h5-12,17-18H,13-16H2,1-4H3. The van der Waals surface area contributed by atoms with Gasteiger partial charge in [0, 0.05) is 31.6 Å². The van der Waals surface area contributed by atoms with E-state index in [1.54, 1.807) is 43.3 Å². The van der Waals surface area contributed by atoms with Crippen molar-refractivity contribution in [2.75, 3.05) is 34.4 Å². The van der Waals surface area contributed by atoms with Gasteiger partial charge in [0.05, 0.1) is 25.2 Å². The molecule has 0 aliphatic carbocycles. The maximum absolute atomic E-state index is 13.1. The monoisotopic (exact) mass is 446 g/mol. The van der Waals surface area contributed by atoms with Crippen molar-refractivity contribution in [3.63, 3.8) is 0 Å². The number of nitrogens with zero attached hydrogens (tertiary/aromatic N) is 2. The molecule has 0 radical (unpaired) electrons. The van der Waals surface area contributed by atoms with Crippen LogP contribution in [0, 0.1) is 5.92 Å². The van der Waals surface area contributed by atoms with Crippen LogP contribution in [0.2, 0.25) is 0 Å². The predicted molar refractivity (Wildman–Crippen MR) is 119 cm³/mol. The van der Waals surface area contributed by atoms with Crippen molar-refractivity contribution in [1.82, 2.24) is 9.21 Å². The van der Waals surface area contributed by atoms with Crippen molar-refractivity contribution in [2.24, 2.45) is 5.92 Å². The fourth-order valence-corrected chi connectivity index (χ4v) is 5.41. The summed E-state index contributed by atoms with van der Waals surface area (Å²) in [5.74, 6) is 1.18. The highest BCUT2D eigenvalue weighted by Gasteiger charge is 2.34. The Hall–Kier alpha value is -2.58. The SMILES string of the molecule is COc1ccc(S(=O)(=O)N2CCC(C(=O)N(C)C(C)c3ccccc3OC)CC2)cc1. The average Bonchev–Trinajstić information content (AvgIpc) is 2.82. The van der Waals surface area contributed by atoms with Crippen molar-refractivity contribution >= 4 is 15.9 Å².